The van der Waals surface area contributed by atoms with Crippen molar-refractivity contribution in [2.75, 3.05) is 17.3 Å². The molecule has 1 N–H and O–H groups in total. The van der Waals surface area contributed by atoms with Crippen LogP contribution >= 0.6 is 0 Å². The second kappa shape index (κ2) is 6.68. The molecule has 1 amide bonds. The van der Waals surface area contributed by atoms with Crippen LogP contribution in [0.2, 0.25) is 0 Å². The molecule has 27 heavy (non-hydrogen) atoms. The zero-order chi connectivity index (χ0) is 19.0. The van der Waals surface area contributed by atoms with Crippen LogP contribution in [0.15, 0.2) is 48.9 Å². The minimum Gasteiger partial charge on any atom is -0.338 e. The number of rotatable bonds is 4. The van der Waals surface area contributed by atoms with Crippen molar-refractivity contribution in [1.82, 2.24) is 19.4 Å². The molecule has 0 fully saturated rings. The van der Waals surface area contributed by atoms with Crippen molar-refractivity contribution in [3.8, 4) is 0 Å². The summed E-state index contributed by atoms with van der Waals surface area (Å²) in [5.41, 5.74) is 4.32. The van der Waals surface area contributed by atoms with Crippen LogP contribution < -0.4 is 10.2 Å². The van der Waals surface area contributed by atoms with Gasteiger partial charge in [-0.2, -0.15) is 0 Å². The van der Waals surface area contributed by atoms with E-state index in [4.69, 9.17) is 4.98 Å². The molecule has 7 nitrogen and oxygen atoms in total. The average Bonchev–Trinajstić information content (AvgIpc) is 3.19. The lowest BCUT2D eigenvalue weighted by Crippen LogP contribution is -2.26. The van der Waals surface area contributed by atoms with Crippen molar-refractivity contribution in [3.05, 3.63) is 54.5 Å². The van der Waals surface area contributed by atoms with Crippen LogP contribution in [0.5, 0.6) is 0 Å². The molecular formula is C20H20N6O. The van der Waals surface area contributed by atoms with Crippen LogP contribution in [0, 0.1) is 6.92 Å². The molecule has 4 rings (SSSR count). The largest absolute Gasteiger partial charge is 0.338 e. The molecule has 1 aromatic carbocycles. The molecule has 0 saturated heterocycles. The standard InChI is InChI=1S/C20H20N6O/c1-4-18(27)25(3)17-10-9-15-20(24-17)26-12-21-11-16(26)19(23-15)22-14-8-6-5-7-13(14)2/h5-12H,4H2,1-3H3,(H,22,23). The van der Waals surface area contributed by atoms with E-state index in [-0.39, 0.29) is 5.91 Å². The molecule has 0 unspecified atom stereocenters. The fourth-order valence-electron chi connectivity index (χ4n) is 3.00. The Bertz CT molecular complexity index is 1150. The third-order valence-corrected chi connectivity index (χ3v) is 4.60. The van der Waals surface area contributed by atoms with Gasteiger partial charge in [0.05, 0.1) is 6.20 Å². The molecule has 0 aliphatic carbocycles. The van der Waals surface area contributed by atoms with Gasteiger partial charge in [0.1, 0.15) is 23.2 Å². The summed E-state index contributed by atoms with van der Waals surface area (Å²) in [5.74, 6) is 1.31. The first-order chi connectivity index (χ1) is 13.1. The predicted molar refractivity (Wildman–Crippen MR) is 106 cm³/mol. The van der Waals surface area contributed by atoms with Gasteiger partial charge in [-0.05, 0) is 30.7 Å². The first-order valence-electron chi connectivity index (χ1n) is 8.80. The number of benzene rings is 1. The van der Waals surface area contributed by atoms with E-state index in [0.29, 0.717) is 23.7 Å². The van der Waals surface area contributed by atoms with Gasteiger partial charge in [0.2, 0.25) is 5.91 Å². The number of fused-ring (bicyclic) bond motifs is 3. The van der Waals surface area contributed by atoms with E-state index < -0.39 is 0 Å². The molecule has 0 saturated carbocycles. The fourth-order valence-corrected chi connectivity index (χ4v) is 3.00. The number of anilines is 3. The van der Waals surface area contributed by atoms with Gasteiger partial charge >= 0.3 is 0 Å². The zero-order valence-electron chi connectivity index (χ0n) is 15.5. The highest BCUT2D eigenvalue weighted by atomic mass is 16.2. The SMILES string of the molecule is CCC(=O)N(C)c1ccc2nc(Nc3ccccc3C)c3cncn3c2n1. The van der Waals surface area contributed by atoms with Gasteiger partial charge in [-0.25, -0.2) is 15.0 Å². The summed E-state index contributed by atoms with van der Waals surface area (Å²) in [6.07, 6.45) is 3.89. The highest BCUT2D eigenvalue weighted by Gasteiger charge is 2.15. The second-order valence-corrected chi connectivity index (χ2v) is 6.37. The number of carbonyl (C=O) groups excluding carboxylic acids is 1. The zero-order valence-corrected chi connectivity index (χ0v) is 15.5. The maximum atomic E-state index is 12.0. The maximum Gasteiger partial charge on any atom is 0.227 e. The average molecular weight is 360 g/mol. The molecule has 0 bridgehead atoms. The lowest BCUT2D eigenvalue weighted by atomic mass is 10.2. The summed E-state index contributed by atoms with van der Waals surface area (Å²) >= 11 is 0. The van der Waals surface area contributed by atoms with Crippen LogP contribution in [0.25, 0.3) is 16.7 Å². The van der Waals surface area contributed by atoms with Gasteiger partial charge in [-0.1, -0.05) is 25.1 Å². The summed E-state index contributed by atoms with van der Waals surface area (Å²) in [4.78, 5) is 27.2. The Hall–Kier alpha value is -3.48. The van der Waals surface area contributed by atoms with Crippen LogP contribution in [0.3, 0.4) is 0 Å². The highest BCUT2D eigenvalue weighted by molar-refractivity contribution is 5.93. The summed E-state index contributed by atoms with van der Waals surface area (Å²) in [6, 6.07) is 11.7. The molecule has 4 aromatic rings. The van der Waals surface area contributed by atoms with Crippen molar-refractivity contribution in [1.29, 1.82) is 0 Å². The Labute approximate surface area is 156 Å². The summed E-state index contributed by atoms with van der Waals surface area (Å²) in [5, 5.41) is 3.39. The van der Waals surface area contributed by atoms with Gasteiger partial charge in [-0.15, -0.1) is 0 Å². The van der Waals surface area contributed by atoms with Gasteiger partial charge in [0, 0.05) is 19.2 Å². The number of imidazole rings is 1. The summed E-state index contributed by atoms with van der Waals surface area (Å²) in [7, 11) is 1.73. The molecule has 0 aliphatic rings. The number of pyridine rings is 1. The number of para-hydroxylation sites is 1. The Morgan fingerprint density at radius 1 is 1.19 bits per heavy atom. The lowest BCUT2D eigenvalue weighted by molar-refractivity contribution is -0.118. The maximum absolute atomic E-state index is 12.0. The molecular weight excluding hydrogens is 340 g/mol. The van der Waals surface area contributed by atoms with Crippen LogP contribution in [0.4, 0.5) is 17.3 Å². The van der Waals surface area contributed by atoms with Crippen LogP contribution in [-0.2, 0) is 4.79 Å². The smallest absolute Gasteiger partial charge is 0.227 e. The van der Waals surface area contributed by atoms with Crippen molar-refractivity contribution in [2.24, 2.45) is 0 Å². The Kier molecular flexibility index (Phi) is 4.19. The number of aromatic nitrogens is 4. The molecule has 0 radical (unpaired) electrons. The van der Waals surface area contributed by atoms with Crippen LogP contribution in [0.1, 0.15) is 18.9 Å². The second-order valence-electron chi connectivity index (χ2n) is 6.37. The van der Waals surface area contributed by atoms with Crippen molar-refractivity contribution >= 4 is 39.9 Å². The number of carbonyl (C=O) groups is 1. The van der Waals surface area contributed by atoms with E-state index in [0.717, 1.165) is 22.3 Å². The monoisotopic (exact) mass is 360 g/mol. The van der Waals surface area contributed by atoms with E-state index in [1.165, 1.54) is 0 Å². The number of nitrogens with one attached hydrogen (secondary N) is 1. The fraction of sp³-hybridized carbons (Fsp3) is 0.200. The Balaban J connectivity index is 1.85. The van der Waals surface area contributed by atoms with E-state index in [9.17, 15) is 4.79 Å². The quantitative estimate of drug-likeness (QED) is 0.600. The molecule has 0 atom stereocenters. The van der Waals surface area contributed by atoms with Gasteiger partial charge in [0.15, 0.2) is 11.5 Å². The Morgan fingerprint density at radius 3 is 2.78 bits per heavy atom. The van der Waals surface area contributed by atoms with E-state index in [1.807, 2.05) is 54.6 Å². The molecule has 136 valence electrons. The number of amides is 1. The first kappa shape index (κ1) is 17.0. The van der Waals surface area contributed by atoms with Crippen molar-refractivity contribution in [2.45, 2.75) is 20.3 Å². The number of hydrogen-bond donors (Lipinski definition) is 1. The minimum atomic E-state index is 0.00882. The molecule has 3 aromatic heterocycles. The third-order valence-electron chi connectivity index (χ3n) is 4.60. The van der Waals surface area contributed by atoms with E-state index in [2.05, 4.69) is 15.3 Å². The van der Waals surface area contributed by atoms with E-state index >= 15 is 0 Å². The van der Waals surface area contributed by atoms with Crippen LogP contribution in [-0.4, -0.2) is 32.3 Å². The Morgan fingerprint density at radius 2 is 2.00 bits per heavy atom. The normalized spacial score (nSPS) is 11.1. The topological polar surface area (TPSA) is 75.4 Å². The molecule has 7 heteroatoms. The third kappa shape index (κ3) is 2.97. The van der Waals surface area contributed by atoms with Crippen molar-refractivity contribution < 1.29 is 4.79 Å². The number of nitrogens with zero attached hydrogens (tertiary/aromatic N) is 5. The summed E-state index contributed by atoms with van der Waals surface area (Å²) in [6.45, 7) is 3.88. The molecule has 0 spiro atoms. The van der Waals surface area contributed by atoms with E-state index in [1.54, 1.807) is 24.5 Å². The molecule has 0 aliphatic heterocycles. The first-order valence-corrected chi connectivity index (χ1v) is 8.80. The number of hydrogen-bond acceptors (Lipinski definition) is 5. The minimum absolute atomic E-state index is 0.00882. The summed E-state index contributed by atoms with van der Waals surface area (Å²) < 4.78 is 1.89. The molecule has 3 heterocycles. The van der Waals surface area contributed by atoms with Gasteiger partial charge in [-0.3, -0.25) is 14.1 Å². The van der Waals surface area contributed by atoms with Gasteiger partial charge in [0.25, 0.3) is 0 Å². The highest BCUT2D eigenvalue weighted by Crippen LogP contribution is 2.26. The van der Waals surface area contributed by atoms with Crippen molar-refractivity contribution in [3.63, 3.8) is 0 Å². The van der Waals surface area contributed by atoms with Gasteiger partial charge < -0.3 is 5.32 Å². The number of aryl methyl sites for hydroxylation is 1. The predicted octanol–water partition coefficient (Wildman–Crippen LogP) is 3.70. The lowest BCUT2D eigenvalue weighted by Gasteiger charge is -2.16.